The molecule has 5 atom stereocenters. The monoisotopic (exact) mass is 468 g/mol. The van der Waals surface area contributed by atoms with Crippen LogP contribution in [0.25, 0.3) is 0 Å². The number of aromatic nitrogens is 2. The van der Waals surface area contributed by atoms with E-state index in [4.69, 9.17) is 19.5 Å². The van der Waals surface area contributed by atoms with Crippen molar-refractivity contribution in [1.82, 2.24) is 14.6 Å². The minimum atomic E-state index is -4.09. The van der Waals surface area contributed by atoms with Crippen LogP contribution < -0.4 is 21.0 Å². The predicted molar refractivity (Wildman–Crippen MR) is 113 cm³/mol. The van der Waals surface area contributed by atoms with Crippen LogP contribution in [-0.4, -0.2) is 52.6 Å². The first kappa shape index (κ1) is 23.9. The van der Waals surface area contributed by atoms with Gasteiger partial charge in [0.2, 0.25) is 0 Å². The Morgan fingerprint density at radius 3 is 2.78 bits per heavy atom. The first-order valence-electron chi connectivity index (χ1n) is 9.74. The molecule has 0 amide bonds. The van der Waals surface area contributed by atoms with Gasteiger partial charge in [-0.3, -0.25) is 13.9 Å². The lowest BCUT2D eigenvalue weighted by Gasteiger charge is -2.24. The first-order valence-corrected chi connectivity index (χ1v) is 11.3. The molecule has 32 heavy (non-hydrogen) atoms. The second-order valence-electron chi connectivity index (χ2n) is 7.05. The van der Waals surface area contributed by atoms with Crippen molar-refractivity contribution in [3.8, 4) is 5.75 Å². The Morgan fingerprint density at radius 1 is 1.41 bits per heavy atom. The van der Waals surface area contributed by atoms with Gasteiger partial charge in [0.25, 0.3) is 0 Å². The summed E-state index contributed by atoms with van der Waals surface area (Å²) in [6, 6.07) is 8.67. The summed E-state index contributed by atoms with van der Waals surface area (Å²) in [5.74, 6) is -0.363. The maximum absolute atomic E-state index is 13.3. The fourth-order valence-corrected chi connectivity index (χ4v) is 4.53. The molecule has 1 aromatic heterocycles. The molecule has 0 saturated carbocycles. The van der Waals surface area contributed by atoms with E-state index in [2.05, 4.69) is 14.8 Å². The van der Waals surface area contributed by atoms with E-state index in [0.29, 0.717) is 0 Å². The van der Waals surface area contributed by atoms with Crippen molar-refractivity contribution in [2.45, 2.75) is 37.8 Å². The number of aliphatic hydroxyl groups excluding tert-OH is 1. The van der Waals surface area contributed by atoms with Crippen molar-refractivity contribution in [3.63, 3.8) is 0 Å². The number of para-hydroxylation sites is 1. The van der Waals surface area contributed by atoms with Crippen LogP contribution in [0.15, 0.2) is 47.4 Å². The molecular formula is C19H25N4O8P. The average molecular weight is 468 g/mol. The van der Waals surface area contributed by atoms with Crippen LogP contribution in [0.3, 0.4) is 0 Å². The zero-order valence-corrected chi connectivity index (χ0v) is 18.4. The topological polar surface area (TPSA) is 164 Å². The fourth-order valence-electron chi connectivity index (χ4n) is 3.03. The van der Waals surface area contributed by atoms with Crippen LogP contribution >= 0.6 is 7.75 Å². The quantitative estimate of drug-likeness (QED) is 0.353. The van der Waals surface area contributed by atoms with Crippen molar-refractivity contribution in [1.29, 1.82) is 0 Å². The van der Waals surface area contributed by atoms with E-state index >= 15 is 0 Å². The molecule has 0 bridgehead atoms. The number of nitrogens with one attached hydrogen (secondary N) is 1. The number of hydrogen-bond acceptors (Lipinski definition) is 10. The third-order valence-corrected chi connectivity index (χ3v) is 6.29. The lowest BCUT2D eigenvalue weighted by Crippen LogP contribution is -2.36. The normalized spacial score (nSPS) is 23.3. The van der Waals surface area contributed by atoms with Gasteiger partial charge in [-0.2, -0.15) is 10.1 Å². The number of methoxy groups -OCH3 is 1. The summed E-state index contributed by atoms with van der Waals surface area (Å²) >= 11 is 0. The third-order valence-electron chi connectivity index (χ3n) is 4.65. The molecule has 1 saturated heterocycles. The summed E-state index contributed by atoms with van der Waals surface area (Å²) in [6.45, 7) is 1.09. The molecule has 13 heteroatoms. The lowest BCUT2D eigenvalue weighted by molar-refractivity contribution is -0.142. The molecule has 0 radical (unpaired) electrons. The highest BCUT2D eigenvalue weighted by Gasteiger charge is 2.39. The maximum atomic E-state index is 13.3. The number of rotatable bonds is 9. The Balaban J connectivity index is 1.71. The summed E-state index contributed by atoms with van der Waals surface area (Å²) in [5.41, 5.74) is 4.86. The zero-order valence-electron chi connectivity index (χ0n) is 17.5. The van der Waals surface area contributed by atoms with Gasteiger partial charge in [0.15, 0.2) is 0 Å². The SMILES string of the molecule is COC(=O)[C@H](C)NP(=O)(OC[C@H]1O[C@@H](n2ccc(N)nc2=O)C[C@H]1O)Oc1ccccc1. The number of ether oxygens (including phenoxy) is 2. The van der Waals surface area contributed by atoms with Gasteiger partial charge in [-0.1, -0.05) is 18.2 Å². The second kappa shape index (κ2) is 10.2. The number of hydrogen-bond donors (Lipinski definition) is 3. The number of carbonyl (C=O) groups is 1. The summed E-state index contributed by atoms with van der Waals surface area (Å²) in [6.07, 6.45) is -1.26. The number of esters is 1. The second-order valence-corrected chi connectivity index (χ2v) is 8.74. The first-order chi connectivity index (χ1) is 15.2. The number of nitrogens with two attached hydrogens (primary N) is 1. The summed E-state index contributed by atoms with van der Waals surface area (Å²) in [7, 11) is -2.89. The van der Waals surface area contributed by atoms with E-state index in [0.717, 1.165) is 0 Å². The van der Waals surface area contributed by atoms with E-state index < -0.39 is 43.9 Å². The fraction of sp³-hybridized carbons (Fsp3) is 0.421. The molecule has 1 fully saturated rings. The number of benzene rings is 1. The highest BCUT2D eigenvalue weighted by molar-refractivity contribution is 7.52. The molecule has 4 N–H and O–H groups in total. The molecule has 2 aromatic rings. The standard InChI is InChI=1S/C19H25N4O8P/c1-12(18(25)28-2)22-32(27,31-13-6-4-3-5-7-13)29-11-15-14(24)10-17(30-15)23-9-8-16(20)21-19(23)26/h3-9,12,14-15,17,24H,10-11H2,1-2H3,(H,22,27)(H2,20,21,26)/t12-,14+,15+,17+,32?/m0/s1. The van der Waals surface area contributed by atoms with Gasteiger partial charge in [-0.05, 0) is 25.1 Å². The molecule has 0 spiro atoms. The average Bonchev–Trinajstić information content (AvgIpc) is 3.12. The van der Waals surface area contributed by atoms with E-state index in [-0.39, 0.29) is 24.6 Å². The van der Waals surface area contributed by atoms with Crippen molar-refractivity contribution >= 4 is 19.5 Å². The predicted octanol–water partition coefficient (Wildman–Crippen LogP) is 0.829. The number of anilines is 1. The Kier molecular flexibility index (Phi) is 7.64. The summed E-state index contributed by atoms with van der Waals surface area (Å²) < 4.78 is 35.9. The summed E-state index contributed by atoms with van der Waals surface area (Å²) in [5, 5.41) is 12.9. The van der Waals surface area contributed by atoms with Crippen LogP contribution in [0, 0.1) is 0 Å². The Hall–Kier alpha value is -2.76. The van der Waals surface area contributed by atoms with Crippen LogP contribution in [0.2, 0.25) is 0 Å². The van der Waals surface area contributed by atoms with Gasteiger partial charge in [-0.15, -0.1) is 0 Å². The minimum absolute atomic E-state index is 0.0643. The Labute approximate surface area is 183 Å². The molecule has 174 valence electrons. The number of nitrogens with zero attached hydrogens (tertiary/aromatic N) is 2. The molecule has 0 aliphatic carbocycles. The number of aliphatic hydroxyl groups is 1. The van der Waals surface area contributed by atoms with Crippen molar-refractivity contribution in [3.05, 3.63) is 53.1 Å². The maximum Gasteiger partial charge on any atom is 0.459 e. The highest BCUT2D eigenvalue weighted by Crippen LogP contribution is 2.45. The smallest absolute Gasteiger partial charge is 0.459 e. The largest absolute Gasteiger partial charge is 0.468 e. The molecular weight excluding hydrogens is 443 g/mol. The van der Waals surface area contributed by atoms with Gasteiger partial charge in [0, 0.05) is 12.6 Å². The number of carbonyl (C=O) groups excluding carboxylic acids is 1. The Bertz CT molecular complexity index is 1030. The summed E-state index contributed by atoms with van der Waals surface area (Å²) in [4.78, 5) is 27.4. The molecule has 1 aliphatic heterocycles. The van der Waals surface area contributed by atoms with E-state index in [1.54, 1.807) is 30.3 Å². The van der Waals surface area contributed by atoms with E-state index in [1.165, 1.54) is 30.9 Å². The highest BCUT2D eigenvalue weighted by atomic mass is 31.2. The van der Waals surface area contributed by atoms with Crippen molar-refractivity contribution < 1.29 is 33.0 Å². The Morgan fingerprint density at radius 2 is 2.12 bits per heavy atom. The van der Waals surface area contributed by atoms with E-state index in [1.807, 2.05) is 0 Å². The molecule has 1 unspecified atom stereocenters. The van der Waals surface area contributed by atoms with Crippen molar-refractivity contribution in [2.24, 2.45) is 0 Å². The van der Waals surface area contributed by atoms with Gasteiger partial charge < -0.3 is 24.8 Å². The van der Waals surface area contributed by atoms with Crippen LogP contribution in [-0.2, 0) is 23.4 Å². The van der Waals surface area contributed by atoms with Gasteiger partial charge >= 0.3 is 19.4 Å². The van der Waals surface area contributed by atoms with Crippen LogP contribution in [0.5, 0.6) is 5.75 Å². The zero-order chi connectivity index (χ0) is 23.3. The lowest BCUT2D eigenvalue weighted by atomic mass is 10.2. The third kappa shape index (κ3) is 5.93. The molecule has 1 aromatic carbocycles. The minimum Gasteiger partial charge on any atom is -0.468 e. The van der Waals surface area contributed by atoms with Gasteiger partial charge in [0.05, 0.1) is 19.8 Å². The van der Waals surface area contributed by atoms with Crippen LogP contribution in [0.1, 0.15) is 19.6 Å². The van der Waals surface area contributed by atoms with Gasteiger partial charge in [0.1, 0.15) is 29.9 Å². The van der Waals surface area contributed by atoms with Crippen molar-refractivity contribution in [2.75, 3.05) is 19.5 Å². The van der Waals surface area contributed by atoms with E-state index in [9.17, 15) is 19.3 Å². The van der Waals surface area contributed by atoms with Crippen LogP contribution in [0.4, 0.5) is 5.82 Å². The molecule has 12 nitrogen and oxygen atoms in total. The molecule has 2 heterocycles. The molecule has 3 rings (SSSR count). The molecule has 1 aliphatic rings. The van der Waals surface area contributed by atoms with Gasteiger partial charge in [-0.25, -0.2) is 9.36 Å². The number of nitrogen functional groups attached to an aromatic ring is 1.